The number of rotatable bonds is 5. The second kappa shape index (κ2) is 8.36. The second-order valence-corrected chi connectivity index (χ2v) is 7.63. The summed E-state index contributed by atoms with van der Waals surface area (Å²) in [4.78, 5) is 38.8. The lowest BCUT2D eigenvalue weighted by molar-refractivity contribution is -0.133. The lowest BCUT2D eigenvalue weighted by Gasteiger charge is -2.22. The van der Waals surface area contributed by atoms with Gasteiger partial charge in [0.1, 0.15) is 12.1 Å². The summed E-state index contributed by atoms with van der Waals surface area (Å²) in [5.74, 6) is -1.01. The molecule has 1 saturated heterocycles. The monoisotopic (exact) mass is 424 g/mol. The van der Waals surface area contributed by atoms with Crippen LogP contribution in [0.4, 0.5) is 10.5 Å². The van der Waals surface area contributed by atoms with E-state index in [2.05, 4.69) is 10.6 Å². The maximum atomic E-state index is 13.0. The summed E-state index contributed by atoms with van der Waals surface area (Å²) in [6, 6.07) is 24.9. The Morgan fingerprint density at radius 1 is 0.969 bits per heavy atom. The number of carbonyl (C=O) groups is 3. The highest BCUT2D eigenvalue weighted by Gasteiger charge is 2.49. The van der Waals surface area contributed by atoms with E-state index in [0.717, 1.165) is 16.0 Å². The van der Waals surface area contributed by atoms with Gasteiger partial charge in [-0.3, -0.25) is 14.5 Å². The second-order valence-electron chi connectivity index (χ2n) is 7.63. The van der Waals surface area contributed by atoms with Crippen LogP contribution in [-0.4, -0.2) is 29.3 Å². The standard InChI is InChI=1S/C25H20N4O3/c1-25(20-11-7-17(15-26)8-12-20)23(31)29(24(32)28-25)16-22(30)27-21-13-9-19(10-14-21)18-5-3-2-4-6-18/h2-14H,16H2,1H3,(H,27,30)(H,28,32). The number of hydrogen-bond acceptors (Lipinski definition) is 4. The van der Waals surface area contributed by atoms with E-state index in [1.807, 2.05) is 48.5 Å². The van der Waals surface area contributed by atoms with E-state index in [-0.39, 0.29) is 0 Å². The third kappa shape index (κ3) is 3.94. The summed E-state index contributed by atoms with van der Waals surface area (Å²) >= 11 is 0. The SMILES string of the molecule is CC1(c2ccc(C#N)cc2)NC(=O)N(CC(=O)Nc2ccc(-c3ccccc3)cc2)C1=O. The molecule has 0 aliphatic carbocycles. The van der Waals surface area contributed by atoms with Gasteiger partial charge in [0, 0.05) is 5.69 Å². The van der Waals surface area contributed by atoms with Crippen molar-refractivity contribution in [2.24, 2.45) is 0 Å². The Morgan fingerprint density at radius 2 is 1.59 bits per heavy atom. The number of carbonyl (C=O) groups excluding carboxylic acids is 3. The van der Waals surface area contributed by atoms with E-state index in [1.165, 1.54) is 0 Å². The van der Waals surface area contributed by atoms with Crippen molar-refractivity contribution in [3.05, 3.63) is 90.0 Å². The first-order chi connectivity index (χ1) is 15.4. The van der Waals surface area contributed by atoms with Gasteiger partial charge in [-0.15, -0.1) is 0 Å². The van der Waals surface area contributed by atoms with Gasteiger partial charge in [0.2, 0.25) is 5.91 Å². The molecular formula is C25H20N4O3. The summed E-state index contributed by atoms with van der Waals surface area (Å²) < 4.78 is 0. The zero-order valence-corrected chi connectivity index (χ0v) is 17.3. The van der Waals surface area contributed by atoms with Crippen molar-refractivity contribution in [1.29, 1.82) is 5.26 Å². The lowest BCUT2D eigenvalue weighted by atomic mass is 9.91. The fourth-order valence-electron chi connectivity index (χ4n) is 3.64. The average Bonchev–Trinajstić information content (AvgIpc) is 3.04. The van der Waals surface area contributed by atoms with Gasteiger partial charge in [0.25, 0.3) is 5.91 Å². The average molecular weight is 424 g/mol. The first-order valence-corrected chi connectivity index (χ1v) is 10.0. The van der Waals surface area contributed by atoms with Crippen LogP contribution < -0.4 is 10.6 Å². The third-order valence-corrected chi connectivity index (χ3v) is 5.44. The molecule has 0 spiro atoms. The zero-order valence-electron chi connectivity index (χ0n) is 17.3. The molecule has 4 rings (SSSR count). The maximum absolute atomic E-state index is 13.0. The Kier molecular flexibility index (Phi) is 5.44. The molecular weight excluding hydrogens is 404 g/mol. The Hall–Kier alpha value is -4.44. The molecule has 32 heavy (non-hydrogen) atoms. The Labute approximate surface area is 185 Å². The van der Waals surface area contributed by atoms with E-state index in [0.29, 0.717) is 16.8 Å². The normalized spacial score (nSPS) is 17.6. The number of urea groups is 1. The molecule has 3 aromatic carbocycles. The molecule has 7 heteroatoms. The zero-order chi connectivity index (χ0) is 22.7. The van der Waals surface area contributed by atoms with Crippen molar-refractivity contribution in [1.82, 2.24) is 10.2 Å². The van der Waals surface area contributed by atoms with Gasteiger partial charge in [0.05, 0.1) is 11.6 Å². The molecule has 0 radical (unpaired) electrons. The van der Waals surface area contributed by atoms with Gasteiger partial charge < -0.3 is 10.6 Å². The van der Waals surface area contributed by atoms with Crippen molar-refractivity contribution in [3.63, 3.8) is 0 Å². The van der Waals surface area contributed by atoms with Gasteiger partial charge in [-0.05, 0) is 47.9 Å². The Morgan fingerprint density at radius 3 is 2.22 bits per heavy atom. The van der Waals surface area contributed by atoms with Crippen LogP contribution in [0.2, 0.25) is 0 Å². The summed E-state index contributed by atoms with van der Waals surface area (Å²) in [6.07, 6.45) is 0. The van der Waals surface area contributed by atoms with Crippen LogP contribution in [0.25, 0.3) is 11.1 Å². The fraction of sp³-hybridized carbons (Fsp3) is 0.120. The van der Waals surface area contributed by atoms with Crippen LogP contribution in [0.3, 0.4) is 0 Å². The fourth-order valence-corrected chi connectivity index (χ4v) is 3.64. The van der Waals surface area contributed by atoms with Crippen molar-refractivity contribution in [3.8, 4) is 17.2 Å². The number of imide groups is 1. The van der Waals surface area contributed by atoms with E-state index in [4.69, 9.17) is 5.26 Å². The molecule has 1 aliphatic rings. The number of hydrogen-bond donors (Lipinski definition) is 2. The Bertz CT molecular complexity index is 1210. The van der Waals surface area contributed by atoms with Gasteiger partial charge in [-0.1, -0.05) is 54.6 Å². The molecule has 7 nitrogen and oxygen atoms in total. The molecule has 0 aromatic heterocycles. The molecule has 1 atom stereocenters. The van der Waals surface area contributed by atoms with Gasteiger partial charge in [-0.25, -0.2) is 4.79 Å². The predicted octanol–water partition coefficient (Wildman–Crippen LogP) is 3.63. The van der Waals surface area contributed by atoms with E-state index < -0.39 is 29.9 Å². The van der Waals surface area contributed by atoms with Crippen molar-refractivity contribution in [2.45, 2.75) is 12.5 Å². The van der Waals surface area contributed by atoms with Gasteiger partial charge in [-0.2, -0.15) is 5.26 Å². The van der Waals surface area contributed by atoms with E-state index >= 15 is 0 Å². The summed E-state index contributed by atoms with van der Waals surface area (Å²) in [5, 5.41) is 14.3. The molecule has 1 heterocycles. The number of nitriles is 1. The highest BCUT2D eigenvalue weighted by atomic mass is 16.2. The number of anilines is 1. The minimum absolute atomic E-state index is 0.406. The van der Waals surface area contributed by atoms with Crippen LogP contribution in [0.1, 0.15) is 18.1 Å². The van der Waals surface area contributed by atoms with E-state index in [9.17, 15) is 14.4 Å². The lowest BCUT2D eigenvalue weighted by Crippen LogP contribution is -2.42. The predicted molar refractivity (Wildman–Crippen MR) is 119 cm³/mol. The molecule has 4 amide bonds. The summed E-state index contributed by atoms with van der Waals surface area (Å²) in [6.45, 7) is 1.17. The molecule has 158 valence electrons. The minimum atomic E-state index is -1.30. The van der Waals surface area contributed by atoms with Crippen LogP contribution in [0.5, 0.6) is 0 Å². The summed E-state index contributed by atoms with van der Waals surface area (Å²) in [7, 11) is 0. The number of amides is 4. The maximum Gasteiger partial charge on any atom is 0.325 e. The van der Waals surface area contributed by atoms with Crippen molar-refractivity contribution >= 4 is 23.5 Å². The smallest absolute Gasteiger partial charge is 0.325 e. The van der Waals surface area contributed by atoms with Gasteiger partial charge >= 0.3 is 6.03 Å². The van der Waals surface area contributed by atoms with Crippen molar-refractivity contribution < 1.29 is 14.4 Å². The topological polar surface area (TPSA) is 102 Å². The minimum Gasteiger partial charge on any atom is -0.325 e. The highest BCUT2D eigenvalue weighted by molar-refractivity contribution is 6.10. The number of nitrogens with zero attached hydrogens (tertiary/aromatic N) is 2. The number of benzene rings is 3. The molecule has 1 fully saturated rings. The van der Waals surface area contributed by atoms with Crippen LogP contribution >= 0.6 is 0 Å². The molecule has 3 aromatic rings. The quantitative estimate of drug-likeness (QED) is 0.611. The molecule has 0 saturated carbocycles. The van der Waals surface area contributed by atoms with Crippen LogP contribution in [0.15, 0.2) is 78.9 Å². The first kappa shape index (κ1) is 20.8. The molecule has 2 N–H and O–H groups in total. The largest absolute Gasteiger partial charge is 0.325 e. The van der Waals surface area contributed by atoms with Crippen LogP contribution in [-0.2, 0) is 15.1 Å². The number of nitrogens with one attached hydrogen (secondary N) is 2. The first-order valence-electron chi connectivity index (χ1n) is 10.0. The van der Waals surface area contributed by atoms with Crippen LogP contribution in [0, 0.1) is 11.3 Å². The molecule has 0 bridgehead atoms. The highest BCUT2D eigenvalue weighted by Crippen LogP contribution is 2.29. The summed E-state index contributed by atoms with van der Waals surface area (Å²) in [5.41, 5.74) is 2.32. The Balaban J connectivity index is 1.43. The third-order valence-electron chi connectivity index (χ3n) is 5.44. The molecule has 1 unspecified atom stereocenters. The van der Waals surface area contributed by atoms with E-state index in [1.54, 1.807) is 43.3 Å². The molecule has 1 aliphatic heterocycles. The van der Waals surface area contributed by atoms with Crippen molar-refractivity contribution in [2.75, 3.05) is 11.9 Å². The van der Waals surface area contributed by atoms with Gasteiger partial charge in [0.15, 0.2) is 0 Å².